The summed E-state index contributed by atoms with van der Waals surface area (Å²) in [6.45, 7) is 1.76. The highest BCUT2D eigenvalue weighted by atomic mass is 19.1. The van der Waals surface area contributed by atoms with Crippen LogP contribution in [0.25, 0.3) is 11.3 Å². The predicted molar refractivity (Wildman–Crippen MR) is 106 cm³/mol. The monoisotopic (exact) mass is 393 g/mol. The third kappa shape index (κ3) is 4.34. The zero-order chi connectivity index (χ0) is 20.2. The molecule has 7 nitrogen and oxygen atoms in total. The molecular formula is C20H17F2N7. The Morgan fingerprint density at radius 2 is 1.86 bits per heavy atom. The van der Waals surface area contributed by atoms with Gasteiger partial charge in [-0.1, -0.05) is 6.07 Å². The molecule has 3 aromatic heterocycles. The number of aromatic nitrogens is 5. The molecule has 0 saturated carbocycles. The second kappa shape index (κ2) is 8.01. The molecule has 4 aromatic rings. The third-order valence-electron chi connectivity index (χ3n) is 4.27. The Hall–Kier alpha value is -3.88. The predicted octanol–water partition coefficient (Wildman–Crippen LogP) is 4.46. The van der Waals surface area contributed by atoms with Gasteiger partial charge >= 0.3 is 0 Å². The summed E-state index contributed by atoms with van der Waals surface area (Å²) in [5.41, 5.74) is 2.06. The number of halogens is 2. The quantitative estimate of drug-likeness (QED) is 0.448. The van der Waals surface area contributed by atoms with E-state index in [1.807, 2.05) is 18.2 Å². The Labute approximate surface area is 165 Å². The lowest BCUT2D eigenvalue weighted by Crippen LogP contribution is -2.10. The topological polar surface area (TPSA) is 91.4 Å². The van der Waals surface area contributed by atoms with Crippen molar-refractivity contribution in [3.63, 3.8) is 0 Å². The van der Waals surface area contributed by atoms with Crippen molar-refractivity contribution in [3.05, 3.63) is 78.4 Å². The van der Waals surface area contributed by atoms with Gasteiger partial charge in [0.25, 0.3) is 0 Å². The number of pyridine rings is 1. The number of hydrogen-bond acceptors (Lipinski definition) is 6. The largest absolute Gasteiger partial charge is 0.363 e. The number of nitrogens with zero attached hydrogens (tertiary/aromatic N) is 4. The minimum Gasteiger partial charge on any atom is -0.363 e. The molecule has 146 valence electrons. The number of nitrogens with one attached hydrogen (secondary N) is 3. The molecule has 0 saturated heterocycles. The molecule has 4 rings (SSSR count). The van der Waals surface area contributed by atoms with Crippen LogP contribution >= 0.6 is 0 Å². The van der Waals surface area contributed by atoms with Crippen LogP contribution in [0.3, 0.4) is 0 Å². The lowest BCUT2D eigenvalue weighted by Gasteiger charge is -2.16. The van der Waals surface area contributed by atoms with Gasteiger partial charge in [-0.05, 0) is 25.1 Å². The van der Waals surface area contributed by atoms with Gasteiger partial charge in [-0.25, -0.2) is 18.7 Å². The van der Waals surface area contributed by atoms with E-state index in [0.717, 1.165) is 17.3 Å². The highest BCUT2D eigenvalue weighted by molar-refractivity contribution is 5.64. The fraction of sp³-hybridized carbons (Fsp3) is 0.100. The summed E-state index contributed by atoms with van der Waals surface area (Å²) in [6, 6.07) is 10.4. The first-order chi connectivity index (χ1) is 14.1. The summed E-state index contributed by atoms with van der Waals surface area (Å²) >= 11 is 0. The van der Waals surface area contributed by atoms with Gasteiger partial charge < -0.3 is 10.6 Å². The summed E-state index contributed by atoms with van der Waals surface area (Å²) in [7, 11) is 0. The SMILES string of the molecule is CC(Nc1cc(Nc2cc(-c3cccnc3)[nH]n2)ncn1)c1ccc(F)cc1F. The van der Waals surface area contributed by atoms with E-state index >= 15 is 0 Å². The molecule has 0 bridgehead atoms. The van der Waals surface area contributed by atoms with Crippen LogP contribution in [0.15, 0.2) is 61.2 Å². The minimum atomic E-state index is -0.614. The molecule has 3 N–H and O–H groups in total. The maximum absolute atomic E-state index is 14.0. The second-order valence-electron chi connectivity index (χ2n) is 6.35. The first-order valence-corrected chi connectivity index (χ1v) is 8.85. The molecule has 9 heteroatoms. The molecule has 0 aliphatic rings. The zero-order valence-electron chi connectivity index (χ0n) is 15.4. The van der Waals surface area contributed by atoms with Crippen molar-refractivity contribution in [1.82, 2.24) is 25.1 Å². The van der Waals surface area contributed by atoms with Crippen LogP contribution in [0.4, 0.5) is 26.2 Å². The summed E-state index contributed by atoms with van der Waals surface area (Å²) in [5.74, 6) is 0.347. The molecule has 0 radical (unpaired) electrons. The van der Waals surface area contributed by atoms with Gasteiger partial charge in [0.1, 0.15) is 29.6 Å². The van der Waals surface area contributed by atoms with Gasteiger partial charge in [0.15, 0.2) is 5.82 Å². The maximum Gasteiger partial charge on any atom is 0.153 e. The highest BCUT2D eigenvalue weighted by Gasteiger charge is 2.13. The van der Waals surface area contributed by atoms with E-state index in [1.54, 1.807) is 25.4 Å². The van der Waals surface area contributed by atoms with Gasteiger partial charge in [0.05, 0.1) is 11.7 Å². The summed E-state index contributed by atoms with van der Waals surface area (Å²) in [6.07, 6.45) is 4.82. The van der Waals surface area contributed by atoms with Crippen LogP contribution in [0, 0.1) is 11.6 Å². The normalized spacial score (nSPS) is 11.8. The second-order valence-corrected chi connectivity index (χ2v) is 6.35. The van der Waals surface area contributed by atoms with E-state index in [-0.39, 0.29) is 0 Å². The Morgan fingerprint density at radius 3 is 2.66 bits per heavy atom. The first kappa shape index (κ1) is 18.5. The van der Waals surface area contributed by atoms with Crippen molar-refractivity contribution in [2.45, 2.75) is 13.0 Å². The van der Waals surface area contributed by atoms with Gasteiger partial charge in [-0.15, -0.1) is 0 Å². The van der Waals surface area contributed by atoms with Crippen LogP contribution in [0.2, 0.25) is 0 Å². The van der Waals surface area contributed by atoms with E-state index < -0.39 is 17.7 Å². The van der Waals surface area contributed by atoms with E-state index in [9.17, 15) is 8.78 Å². The minimum absolute atomic E-state index is 0.341. The molecule has 0 amide bonds. The fourth-order valence-corrected chi connectivity index (χ4v) is 2.84. The van der Waals surface area contributed by atoms with Crippen molar-refractivity contribution in [1.29, 1.82) is 0 Å². The Bertz CT molecular complexity index is 1110. The Kier molecular flexibility index (Phi) is 5.10. The molecule has 0 spiro atoms. The van der Waals surface area contributed by atoms with Crippen LogP contribution in [0.1, 0.15) is 18.5 Å². The van der Waals surface area contributed by atoms with Crippen LogP contribution in [-0.2, 0) is 0 Å². The average molecular weight is 393 g/mol. The lowest BCUT2D eigenvalue weighted by atomic mass is 10.1. The van der Waals surface area contributed by atoms with Crippen molar-refractivity contribution in [2.75, 3.05) is 10.6 Å². The molecule has 3 heterocycles. The first-order valence-electron chi connectivity index (χ1n) is 8.85. The van der Waals surface area contributed by atoms with Crippen molar-refractivity contribution < 1.29 is 8.78 Å². The molecule has 0 aliphatic carbocycles. The molecule has 1 atom stereocenters. The highest BCUT2D eigenvalue weighted by Crippen LogP contribution is 2.24. The Balaban J connectivity index is 1.47. The zero-order valence-corrected chi connectivity index (χ0v) is 15.4. The number of H-pyrrole nitrogens is 1. The van der Waals surface area contributed by atoms with Crippen LogP contribution in [0.5, 0.6) is 0 Å². The van der Waals surface area contributed by atoms with Crippen molar-refractivity contribution in [2.24, 2.45) is 0 Å². The number of aromatic amines is 1. The summed E-state index contributed by atoms with van der Waals surface area (Å²) in [4.78, 5) is 12.4. The standard InChI is InChI=1S/C20H17F2N7/c1-12(15-5-4-14(21)7-16(15)22)26-18-9-19(25-11-24-18)27-20-8-17(28-29-20)13-3-2-6-23-10-13/h2-12H,1H3,(H3,24,25,26,27,28,29). The summed E-state index contributed by atoms with van der Waals surface area (Å²) < 4.78 is 27.1. The van der Waals surface area contributed by atoms with E-state index in [4.69, 9.17) is 0 Å². The smallest absolute Gasteiger partial charge is 0.153 e. The van der Waals surface area contributed by atoms with Gasteiger partial charge in [-0.3, -0.25) is 10.1 Å². The Morgan fingerprint density at radius 1 is 1.00 bits per heavy atom. The number of benzene rings is 1. The molecule has 0 fully saturated rings. The van der Waals surface area contributed by atoms with Crippen LogP contribution < -0.4 is 10.6 Å². The lowest BCUT2D eigenvalue weighted by molar-refractivity contribution is 0.566. The van der Waals surface area contributed by atoms with Gasteiger partial charge in [-0.2, -0.15) is 5.10 Å². The van der Waals surface area contributed by atoms with Gasteiger partial charge in [0.2, 0.25) is 0 Å². The number of anilines is 3. The molecule has 1 aromatic carbocycles. The fourth-order valence-electron chi connectivity index (χ4n) is 2.84. The van der Waals surface area contributed by atoms with E-state index in [2.05, 4.69) is 35.8 Å². The average Bonchev–Trinajstić information content (AvgIpc) is 3.17. The van der Waals surface area contributed by atoms with E-state index in [1.165, 1.54) is 18.5 Å². The van der Waals surface area contributed by atoms with Crippen molar-refractivity contribution >= 4 is 17.5 Å². The maximum atomic E-state index is 14.0. The molecule has 0 aliphatic heterocycles. The van der Waals surface area contributed by atoms with Gasteiger partial charge in [0, 0.05) is 41.7 Å². The molecule has 29 heavy (non-hydrogen) atoms. The molecule has 1 unspecified atom stereocenters. The molecular weight excluding hydrogens is 376 g/mol. The van der Waals surface area contributed by atoms with Crippen molar-refractivity contribution in [3.8, 4) is 11.3 Å². The third-order valence-corrected chi connectivity index (χ3v) is 4.27. The van der Waals surface area contributed by atoms with E-state index in [0.29, 0.717) is 23.0 Å². The number of hydrogen-bond donors (Lipinski definition) is 3. The number of rotatable bonds is 6. The summed E-state index contributed by atoms with van der Waals surface area (Å²) in [5, 5.41) is 13.3. The van der Waals surface area contributed by atoms with Crippen LogP contribution in [-0.4, -0.2) is 25.1 Å².